The summed E-state index contributed by atoms with van der Waals surface area (Å²) in [5.41, 5.74) is 8.16. The molecule has 1 aliphatic carbocycles. The van der Waals surface area contributed by atoms with E-state index in [4.69, 9.17) is 5.73 Å². The van der Waals surface area contributed by atoms with Crippen LogP contribution in [0.2, 0.25) is 0 Å². The highest BCUT2D eigenvalue weighted by Gasteiger charge is 2.19. The zero-order valence-electron chi connectivity index (χ0n) is 11.9. The third kappa shape index (κ3) is 3.13. The molecule has 1 aliphatic rings. The lowest BCUT2D eigenvalue weighted by Crippen LogP contribution is -2.31. The number of aromatic nitrogens is 2. The number of hydrogen-bond donors (Lipinski definition) is 2. The molecule has 109 valence electrons. The van der Waals surface area contributed by atoms with Gasteiger partial charge in [-0.3, -0.25) is 4.79 Å². The van der Waals surface area contributed by atoms with E-state index < -0.39 is 5.91 Å². The molecule has 0 unspecified atom stereocenters. The molecule has 0 saturated heterocycles. The number of hydrogen-bond acceptors (Lipinski definition) is 3. The maximum Gasteiger partial charge on any atom is 0.284 e. The van der Waals surface area contributed by atoms with E-state index in [1.165, 1.54) is 11.1 Å². The molecule has 21 heavy (non-hydrogen) atoms. The van der Waals surface area contributed by atoms with Crippen LogP contribution < -0.4 is 11.1 Å². The van der Waals surface area contributed by atoms with Gasteiger partial charge in [-0.05, 0) is 36.9 Å². The van der Waals surface area contributed by atoms with Crippen LogP contribution in [0, 0.1) is 6.20 Å². The molecule has 1 radical (unpaired) electrons. The molecule has 0 saturated carbocycles. The fourth-order valence-corrected chi connectivity index (χ4v) is 2.91. The predicted octanol–water partition coefficient (Wildman–Crippen LogP) is 0.929. The second kappa shape index (κ2) is 6.10. The number of primary amides is 1. The monoisotopic (exact) mass is 283 g/mol. The lowest BCUT2D eigenvalue weighted by atomic mass is 10.1. The quantitative estimate of drug-likeness (QED) is 0.775. The predicted molar refractivity (Wildman–Crippen MR) is 79.8 cm³/mol. The topological polar surface area (TPSA) is 72.9 Å². The number of imidazole rings is 1. The summed E-state index contributed by atoms with van der Waals surface area (Å²) in [7, 11) is 0. The molecular weight excluding hydrogens is 264 g/mol. The zero-order chi connectivity index (χ0) is 14.7. The van der Waals surface area contributed by atoms with E-state index in [0.717, 1.165) is 32.4 Å². The highest BCUT2D eigenvalue weighted by molar-refractivity contribution is 5.89. The number of nitrogens with one attached hydrogen (secondary N) is 1. The van der Waals surface area contributed by atoms with Gasteiger partial charge in [0.25, 0.3) is 5.91 Å². The van der Waals surface area contributed by atoms with Crippen molar-refractivity contribution in [1.29, 1.82) is 0 Å². The van der Waals surface area contributed by atoms with Crippen molar-refractivity contribution in [2.45, 2.75) is 31.8 Å². The van der Waals surface area contributed by atoms with Crippen molar-refractivity contribution in [1.82, 2.24) is 14.9 Å². The molecule has 1 heterocycles. The van der Waals surface area contributed by atoms with Crippen LogP contribution >= 0.6 is 0 Å². The Kier molecular flexibility index (Phi) is 4.01. The summed E-state index contributed by atoms with van der Waals surface area (Å²) in [4.78, 5) is 15.0. The molecule has 1 aromatic carbocycles. The van der Waals surface area contributed by atoms with Crippen LogP contribution in [0.15, 0.2) is 30.5 Å². The minimum Gasteiger partial charge on any atom is -0.363 e. The first kappa shape index (κ1) is 13.8. The van der Waals surface area contributed by atoms with Crippen LogP contribution in [0.5, 0.6) is 0 Å². The third-order valence-corrected chi connectivity index (χ3v) is 3.94. The van der Waals surface area contributed by atoms with Gasteiger partial charge in [0.2, 0.25) is 0 Å². The van der Waals surface area contributed by atoms with Crippen molar-refractivity contribution in [2.75, 3.05) is 6.54 Å². The van der Waals surface area contributed by atoms with E-state index in [1.807, 2.05) is 0 Å². The van der Waals surface area contributed by atoms with Crippen molar-refractivity contribution in [3.8, 4) is 0 Å². The molecule has 0 atom stereocenters. The van der Waals surface area contributed by atoms with Crippen LogP contribution in [-0.4, -0.2) is 28.0 Å². The van der Waals surface area contributed by atoms with Crippen LogP contribution in [0.1, 0.15) is 28.2 Å². The lowest BCUT2D eigenvalue weighted by Gasteiger charge is -2.12. The van der Waals surface area contributed by atoms with Crippen molar-refractivity contribution < 1.29 is 4.79 Å². The molecule has 0 aliphatic heterocycles. The summed E-state index contributed by atoms with van der Waals surface area (Å²) in [5.74, 6) is -0.223. The van der Waals surface area contributed by atoms with Crippen molar-refractivity contribution in [3.63, 3.8) is 0 Å². The van der Waals surface area contributed by atoms with Gasteiger partial charge in [-0.15, -0.1) is 0 Å². The summed E-state index contributed by atoms with van der Waals surface area (Å²) >= 11 is 0. The Morgan fingerprint density at radius 2 is 2.10 bits per heavy atom. The van der Waals surface area contributed by atoms with E-state index in [0.29, 0.717) is 6.04 Å². The van der Waals surface area contributed by atoms with E-state index in [9.17, 15) is 4.79 Å². The smallest absolute Gasteiger partial charge is 0.284 e. The fourth-order valence-electron chi connectivity index (χ4n) is 2.91. The number of benzene rings is 1. The van der Waals surface area contributed by atoms with Gasteiger partial charge in [0.15, 0.2) is 5.82 Å². The molecule has 3 rings (SSSR count). The number of carbonyl (C=O) groups excluding carboxylic acids is 1. The van der Waals surface area contributed by atoms with Gasteiger partial charge in [0.05, 0.1) is 0 Å². The first-order valence-electron chi connectivity index (χ1n) is 7.27. The summed E-state index contributed by atoms with van der Waals surface area (Å²) < 4.78 is 1.76. The van der Waals surface area contributed by atoms with Crippen molar-refractivity contribution >= 4 is 5.91 Å². The Morgan fingerprint density at radius 3 is 2.76 bits per heavy atom. The number of nitrogens with two attached hydrogens (primary N) is 1. The molecule has 0 spiro atoms. The molecule has 0 bridgehead atoms. The third-order valence-electron chi connectivity index (χ3n) is 3.94. The number of carbonyl (C=O) groups is 1. The lowest BCUT2D eigenvalue weighted by molar-refractivity contribution is 0.0986. The van der Waals surface area contributed by atoms with Crippen molar-refractivity contribution in [3.05, 3.63) is 53.6 Å². The van der Waals surface area contributed by atoms with Gasteiger partial charge in [-0.2, -0.15) is 0 Å². The van der Waals surface area contributed by atoms with Crippen LogP contribution in [0.3, 0.4) is 0 Å². The first-order chi connectivity index (χ1) is 10.2. The second-order valence-electron chi connectivity index (χ2n) is 5.43. The Bertz CT molecular complexity index is 610. The standard InChI is InChI=1S/C16H19N4O/c17-15(21)16-19-7-9-20(16)8-3-6-18-14-10-12-4-1-2-5-13(12)11-14/h1-2,4-5,9,14,18H,3,6,8,10-11H2,(H2,17,21). The van der Waals surface area contributed by atoms with Crippen LogP contribution in [-0.2, 0) is 19.4 Å². The maximum atomic E-state index is 11.2. The minimum absolute atomic E-state index is 0.281. The summed E-state index contributed by atoms with van der Waals surface area (Å²) in [6.07, 6.45) is 7.46. The summed E-state index contributed by atoms with van der Waals surface area (Å²) in [6, 6.07) is 9.13. The van der Waals surface area contributed by atoms with Gasteiger partial charge in [0, 0.05) is 18.8 Å². The number of fused-ring (bicyclic) bond motifs is 1. The van der Waals surface area contributed by atoms with Gasteiger partial charge >= 0.3 is 0 Å². The average Bonchev–Trinajstić information content (AvgIpc) is 3.09. The number of amides is 1. The molecule has 3 N–H and O–H groups in total. The van der Waals surface area contributed by atoms with E-state index in [2.05, 4.69) is 40.8 Å². The Hall–Kier alpha value is -2.14. The molecule has 0 fully saturated rings. The first-order valence-corrected chi connectivity index (χ1v) is 7.27. The Balaban J connectivity index is 1.44. The van der Waals surface area contributed by atoms with Gasteiger partial charge in [-0.25, -0.2) is 4.98 Å². The molecular formula is C16H19N4O. The zero-order valence-corrected chi connectivity index (χ0v) is 11.9. The molecule has 5 heteroatoms. The largest absolute Gasteiger partial charge is 0.363 e. The summed E-state index contributed by atoms with van der Waals surface area (Å²) in [5, 5.41) is 3.58. The molecule has 5 nitrogen and oxygen atoms in total. The fraction of sp³-hybridized carbons (Fsp3) is 0.375. The van der Waals surface area contributed by atoms with Crippen molar-refractivity contribution in [2.24, 2.45) is 5.73 Å². The number of nitrogens with zero attached hydrogens (tertiary/aromatic N) is 2. The van der Waals surface area contributed by atoms with Gasteiger partial charge in [-0.1, -0.05) is 24.3 Å². The Morgan fingerprint density at radius 1 is 1.38 bits per heavy atom. The van der Waals surface area contributed by atoms with E-state index >= 15 is 0 Å². The maximum absolute atomic E-state index is 11.2. The number of rotatable bonds is 6. The highest BCUT2D eigenvalue weighted by Crippen LogP contribution is 2.21. The van der Waals surface area contributed by atoms with Gasteiger partial charge in [0.1, 0.15) is 6.20 Å². The molecule has 1 aromatic heterocycles. The average molecular weight is 283 g/mol. The van der Waals surface area contributed by atoms with E-state index in [-0.39, 0.29) is 5.82 Å². The SMILES string of the molecule is NC(=O)c1n[c]cn1CCCNC1Cc2ccccc2C1. The summed E-state index contributed by atoms with van der Waals surface area (Å²) in [6.45, 7) is 1.64. The minimum atomic E-state index is -0.504. The van der Waals surface area contributed by atoms with Crippen LogP contribution in [0.4, 0.5) is 0 Å². The number of aryl methyl sites for hydroxylation is 1. The molecule has 1 amide bonds. The van der Waals surface area contributed by atoms with Gasteiger partial charge < -0.3 is 15.6 Å². The van der Waals surface area contributed by atoms with Crippen LogP contribution in [0.25, 0.3) is 0 Å². The molecule has 2 aromatic rings. The second-order valence-corrected chi connectivity index (χ2v) is 5.43. The van der Waals surface area contributed by atoms with E-state index in [1.54, 1.807) is 10.8 Å². The normalized spacial score (nSPS) is 14.3. The Labute approximate surface area is 124 Å². The highest BCUT2D eigenvalue weighted by atomic mass is 16.1.